The summed E-state index contributed by atoms with van der Waals surface area (Å²) >= 11 is 0. The number of hydrogen-bond donors (Lipinski definition) is 2. The molecule has 0 aromatic heterocycles. The van der Waals surface area contributed by atoms with Gasteiger partial charge in [-0.25, -0.2) is 0 Å². The summed E-state index contributed by atoms with van der Waals surface area (Å²) in [4.78, 5) is 0. The van der Waals surface area contributed by atoms with E-state index in [1.807, 2.05) is 60.7 Å². The van der Waals surface area contributed by atoms with Crippen molar-refractivity contribution in [1.29, 1.82) is 0 Å². The minimum Gasteiger partial charge on any atom is -0.507 e. The molecular formula is C23H20O2. The van der Waals surface area contributed by atoms with Crippen molar-refractivity contribution in [2.24, 2.45) is 0 Å². The van der Waals surface area contributed by atoms with Crippen molar-refractivity contribution >= 4 is 21.5 Å². The second kappa shape index (κ2) is 5.82. The van der Waals surface area contributed by atoms with Crippen LogP contribution in [0.5, 0.6) is 11.5 Å². The van der Waals surface area contributed by atoms with Crippen LogP contribution in [-0.4, -0.2) is 10.2 Å². The second-order valence-electron chi connectivity index (χ2n) is 6.75. The van der Waals surface area contributed by atoms with Gasteiger partial charge in [0.2, 0.25) is 0 Å². The Morgan fingerprint density at radius 2 is 1.28 bits per heavy atom. The van der Waals surface area contributed by atoms with Crippen molar-refractivity contribution in [3.8, 4) is 22.6 Å². The quantitative estimate of drug-likeness (QED) is 0.460. The lowest BCUT2D eigenvalue weighted by Gasteiger charge is -2.19. The predicted octanol–water partition coefficient (Wildman–Crippen LogP) is 6.19. The lowest BCUT2D eigenvalue weighted by molar-refractivity contribution is 0.475. The van der Waals surface area contributed by atoms with Gasteiger partial charge in [0.05, 0.1) is 0 Å². The van der Waals surface area contributed by atoms with Crippen molar-refractivity contribution in [1.82, 2.24) is 0 Å². The third kappa shape index (κ3) is 2.42. The molecule has 0 radical (unpaired) electrons. The van der Waals surface area contributed by atoms with Gasteiger partial charge >= 0.3 is 0 Å². The topological polar surface area (TPSA) is 40.5 Å². The molecule has 0 unspecified atom stereocenters. The summed E-state index contributed by atoms with van der Waals surface area (Å²) in [5, 5.41) is 25.5. The highest BCUT2D eigenvalue weighted by Gasteiger charge is 2.20. The van der Waals surface area contributed by atoms with Crippen LogP contribution >= 0.6 is 0 Å². The zero-order valence-electron chi connectivity index (χ0n) is 14.3. The number of phenols is 2. The van der Waals surface area contributed by atoms with E-state index in [4.69, 9.17) is 0 Å². The first-order chi connectivity index (χ1) is 12.1. The maximum Gasteiger partial charge on any atom is 0.131 e. The molecule has 4 aromatic carbocycles. The van der Waals surface area contributed by atoms with Gasteiger partial charge in [-0.3, -0.25) is 0 Å². The summed E-state index contributed by atoms with van der Waals surface area (Å²) < 4.78 is 0. The molecule has 0 saturated carbocycles. The largest absolute Gasteiger partial charge is 0.507 e. The molecule has 0 spiro atoms. The molecule has 0 atom stereocenters. The van der Waals surface area contributed by atoms with E-state index in [1.165, 1.54) is 0 Å². The number of phenolic OH excluding ortho intramolecular Hbond substituents is 2. The van der Waals surface area contributed by atoms with Gasteiger partial charge in [-0.15, -0.1) is 0 Å². The molecule has 0 amide bonds. The first-order valence-electron chi connectivity index (χ1n) is 8.53. The molecule has 25 heavy (non-hydrogen) atoms. The highest BCUT2D eigenvalue weighted by atomic mass is 16.3. The van der Waals surface area contributed by atoms with Gasteiger partial charge in [0, 0.05) is 21.9 Å². The van der Waals surface area contributed by atoms with E-state index in [2.05, 4.69) is 19.9 Å². The average Bonchev–Trinajstić information content (AvgIpc) is 2.63. The van der Waals surface area contributed by atoms with Gasteiger partial charge in [0.25, 0.3) is 0 Å². The van der Waals surface area contributed by atoms with E-state index in [-0.39, 0.29) is 17.4 Å². The van der Waals surface area contributed by atoms with Crippen LogP contribution in [0.15, 0.2) is 66.7 Å². The van der Waals surface area contributed by atoms with Crippen molar-refractivity contribution < 1.29 is 10.2 Å². The number of rotatable bonds is 2. The predicted molar refractivity (Wildman–Crippen MR) is 104 cm³/mol. The Balaban J connectivity index is 2.11. The Morgan fingerprint density at radius 1 is 0.680 bits per heavy atom. The molecular weight excluding hydrogens is 308 g/mol. The van der Waals surface area contributed by atoms with E-state index >= 15 is 0 Å². The molecule has 4 aromatic rings. The fourth-order valence-electron chi connectivity index (χ4n) is 3.54. The second-order valence-corrected chi connectivity index (χ2v) is 6.75. The third-order valence-corrected chi connectivity index (χ3v) is 4.84. The Labute approximate surface area is 147 Å². The Kier molecular flexibility index (Phi) is 3.61. The average molecular weight is 328 g/mol. The molecule has 4 rings (SSSR count). The lowest BCUT2D eigenvalue weighted by atomic mass is 9.87. The molecule has 0 bridgehead atoms. The molecule has 124 valence electrons. The first-order valence-corrected chi connectivity index (χ1v) is 8.53. The van der Waals surface area contributed by atoms with E-state index in [0.29, 0.717) is 5.56 Å². The zero-order valence-corrected chi connectivity index (χ0v) is 14.3. The van der Waals surface area contributed by atoms with Crippen molar-refractivity contribution in [2.45, 2.75) is 19.8 Å². The highest BCUT2D eigenvalue weighted by molar-refractivity contribution is 6.01. The summed E-state index contributed by atoms with van der Waals surface area (Å²) in [6.45, 7) is 4.20. The zero-order chi connectivity index (χ0) is 17.6. The van der Waals surface area contributed by atoms with Crippen molar-refractivity contribution in [3.63, 3.8) is 0 Å². The fourth-order valence-corrected chi connectivity index (χ4v) is 3.54. The number of fused-ring (bicyclic) bond motifs is 2. The molecule has 0 fully saturated rings. The smallest absolute Gasteiger partial charge is 0.131 e. The van der Waals surface area contributed by atoms with Gasteiger partial charge in [-0.1, -0.05) is 74.5 Å². The standard InChI is InChI=1S/C23H20O2/c1-14(2)20-13-16-8-4-6-10-18(16)23(25)21(20)19-12-11-15-7-3-5-9-17(15)22(19)24/h3-14,24-25H,1-2H3. The van der Waals surface area contributed by atoms with Gasteiger partial charge in [0.15, 0.2) is 0 Å². The summed E-state index contributed by atoms with van der Waals surface area (Å²) in [5.41, 5.74) is 2.42. The number of hydrogen-bond acceptors (Lipinski definition) is 2. The highest BCUT2D eigenvalue weighted by Crippen LogP contribution is 2.46. The van der Waals surface area contributed by atoms with Crippen LogP contribution < -0.4 is 0 Å². The van der Waals surface area contributed by atoms with Crippen LogP contribution in [0.3, 0.4) is 0 Å². The third-order valence-electron chi connectivity index (χ3n) is 4.84. The minimum atomic E-state index is 0.214. The minimum absolute atomic E-state index is 0.214. The summed E-state index contributed by atoms with van der Waals surface area (Å²) in [6, 6.07) is 21.6. The first kappa shape index (κ1) is 15.5. The molecule has 0 saturated heterocycles. The molecule has 0 aliphatic carbocycles. The Bertz CT molecular complexity index is 1090. The molecule has 0 aliphatic heterocycles. The van der Waals surface area contributed by atoms with E-state index in [1.54, 1.807) is 0 Å². The van der Waals surface area contributed by atoms with Crippen LogP contribution in [0.25, 0.3) is 32.7 Å². The number of aromatic hydroxyl groups is 2. The van der Waals surface area contributed by atoms with Gasteiger partial charge in [-0.2, -0.15) is 0 Å². The van der Waals surface area contributed by atoms with Crippen LogP contribution in [-0.2, 0) is 0 Å². The molecule has 0 heterocycles. The number of benzene rings is 4. The lowest BCUT2D eigenvalue weighted by Crippen LogP contribution is -1.95. The van der Waals surface area contributed by atoms with Crippen LogP contribution in [0, 0.1) is 0 Å². The van der Waals surface area contributed by atoms with E-state index in [9.17, 15) is 10.2 Å². The summed E-state index contributed by atoms with van der Waals surface area (Å²) in [5.74, 6) is 0.661. The summed E-state index contributed by atoms with van der Waals surface area (Å²) in [6.07, 6.45) is 0. The maximum atomic E-state index is 11.0. The normalized spacial score (nSPS) is 11.5. The fraction of sp³-hybridized carbons (Fsp3) is 0.130. The SMILES string of the molecule is CC(C)c1cc2ccccc2c(O)c1-c1ccc2ccccc2c1O. The van der Waals surface area contributed by atoms with E-state index in [0.717, 1.165) is 32.7 Å². The van der Waals surface area contributed by atoms with E-state index < -0.39 is 0 Å². The van der Waals surface area contributed by atoms with Crippen LogP contribution in [0.2, 0.25) is 0 Å². The van der Waals surface area contributed by atoms with Gasteiger partial charge in [-0.05, 0) is 28.3 Å². The van der Waals surface area contributed by atoms with Crippen molar-refractivity contribution in [2.75, 3.05) is 0 Å². The monoisotopic (exact) mass is 328 g/mol. The molecule has 2 heteroatoms. The Morgan fingerprint density at radius 3 is 1.96 bits per heavy atom. The maximum absolute atomic E-state index is 11.0. The van der Waals surface area contributed by atoms with Gasteiger partial charge < -0.3 is 10.2 Å². The molecule has 0 aliphatic rings. The molecule has 2 nitrogen and oxygen atoms in total. The molecule has 2 N–H and O–H groups in total. The Hall–Kier alpha value is -3.00. The van der Waals surface area contributed by atoms with Gasteiger partial charge in [0.1, 0.15) is 11.5 Å². The van der Waals surface area contributed by atoms with Crippen LogP contribution in [0.4, 0.5) is 0 Å². The van der Waals surface area contributed by atoms with Crippen LogP contribution in [0.1, 0.15) is 25.3 Å². The van der Waals surface area contributed by atoms with Crippen molar-refractivity contribution in [3.05, 3.63) is 72.3 Å². The summed E-state index contributed by atoms with van der Waals surface area (Å²) in [7, 11) is 0.